The Balaban J connectivity index is 0.00000200. The summed E-state index contributed by atoms with van der Waals surface area (Å²) in [5, 5.41) is 4.08. The fraction of sp³-hybridized carbons (Fsp3) is 0.533. The van der Waals surface area contributed by atoms with Crippen molar-refractivity contribution in [2.24, 2.45) is 0 Å². The minimum absolute atomic E-state index is 0. The number of amides is 1. The number of hydrogen-bond acceptors (Lipinski definition) is 2. The Morgan fingerprint density at radius 3 is 2.55 bits per heavy atom. The lowest BCUT2D eigenvalue weighted by molar-refractivity contribution is -0.137. The van der Waals surface area contributed by atoms with Gasteiger partial charge in [-0.05, 0) is 50.4 Å². The molecule has 1 saturated heterocycles. The van der Waals surface area contributed by atoms with Crippen LogP contribution in [0, 0.1) is 0 Å². The third-order valence-electron chi connectivity index (χ3n) is 3.77. The van der Waals surface area contributed by atoms with Gasteiger partial charge in [-0.1, -0.05) is 23.7 Å². The van der Waals surface area contributed by atoms with Crippen LogP contribution in [0.3, 0.4) is 0 Å². The maximum atomic E-state index is 12.5. The summed E-state index contributed by atoms with van der Waals surface area (Å²) in [4.78, 5) is 14.3. The average Bonchev–Trinajstić information content (AvgIpc) is 2.41. The number of halogens is 2. The smallest absolute Gasteiger partial charge is 0.242 e. The van der Waals surface area contributed by atoms with Gasteiger partial charge in [-0.3, -0.25) is 4.79 Å². The minimum Gasteiger partial charge on any atom is -0.340 e. The maximum absolute atomic E-state index is 12.5. The summed E-state index contributed by atoms with van der Waals surface area (Å²) < 4.78 is 0. The number of benzene rings is 1. The molecule has 0 bridgehead atoms. The quantitative estimate of drug-likeness (QED) is 0.928. The van der Waals surface area contributed by atoms with Crippen LogP contribution in [0.15, 0.2) is 24.3 Å². The summed E-state index contributed by atoms with van der Waals surface area (Å²) in [5.74, 6) is 0.169. The van der Waals surface area contributed by atoms with Gasteiger partial charge < -0.3 is 10.2 Å². The average molecular weight is 317 g/mol. The first-order valence-corrected chi connectivity index (χ1v) is 7.14. The summed E-state index contributed by atoms with van der Waals surface area (Å²) in [6, 6.07) is 7.64. The lowest BCUT2D eigenvalue weighted by Gasteiger charge is -2.36. The highest BCUT2D eigenvalue weighted by molar-refractivity contribution is 6.30. The first kappa shape index (κ1) is 17.3. The number of hydrogen-bond donors (Lipinski definition) is 1. The molecule has 1 atom stereocenters. The van der Waals surface area contributed by atoms with E-state index in [9.17, 15) is 4.79 Å². The molecule has 5 heteroatoms. The van der Waals surface area contributed by atoms with Crippen molar-refractivity contribution in [2.45, 2.75) is 38.3 Å². The van der Waals surface area contributed by atoms with Crippen molar-refractivity contribution in [3.63, 3.8) is 0 Å². The molecule has 1 amide bonds. The van der Waals surface area contributed by atoms with Crippen molar-refractivity contribution in [2.75, 3.05) is 13.6 Å². The van der Waals surface area contributed by atoms with E-state index in [2.05, 4.69) is 5.32 Å². The van der Waals surface area contributed by atoms with Crippen LogP contribution in [-0.4, -0.2) is 29.9 Å². The van der Waals surface area contributed by atoms with Gasteiger partial charge in [-0.25, -0.2) is 0 Å². The summed E-state index contributed by atoms with van der Waals surface area (Å²) in [6.45, 7) is 3.55. The molecule has 0 saturated carbocycles. The molecule has 1 heterocycles. The van der Waals surface area contributed by atoms with Gasteiger partial charge in [0, 0.05) is 18.6 Å². The van der Waals surface area contributed by atoms with E-state index in [0.29, 0.717) is 6.54 Å². The SMILES string of the molecule is CN(Cc1ccc(Cl)cc1)C(=O)C1(C)CCCCN1.Cl. The number of nitrogens with zero attached hydrogens (tertiary/aromatic N) is 1. The summed E-state index contributed by atoms with van der Waals surface area (Å²) in [5.41, 5.74) is 0.694. The van der Waals surface area contributed by atoms with Crippen LogP contribution in [0.4, 0.5) is 0 Å². The Bertz CT molecular complexity index is 442. The van der Waals surface area contributed by atoms with E-state index in [-0.39, 0.29) is 18.3 Å². The first-order valence-electron chi connectivity index (χ1n) is 6.76. The van der Waals surface area contributed by atoms with Gasteiger partial charge in [0.25, 0.3) is 0 Å². The van der Waals surface area contributed by atoms with Gasteiger partial charge in [0.1, 0.15) is 0 Å². The van der Waals surface area contributed by atoms with Crippen LogP contribution in [0.2, 0.25) is 5.02 Å². The van der Waals surface area contributed by atoms with Crippen LogP contribution in [0.1, 0.15) is 31.7 Å². The number of likely N-dealkylation sites (N-methyl/N-ethyl adjacent to an activating group) is 1. The molecule has 1 aromatic carbocycles. The van der Waals surface area contributed by atoms with E-state index < -0.39 is 5.54 Å². The number of rotatable bonds is 3. The van der Waals surface area contributed by atoms with Crippen molar-refractivity contribution in [3.8, 4) is 0 Å². The molecular weight excluding hydrogens is 295 g/mol. The topological polar surface area (TPSA) is 32.3 Å². The number of carbonyl (C=O) groups excluding carboxylic acids is 1. The van der Waals surface area contributed by atoms with Crippen molar-refractivity contribution in [1.82, 2.24) is 10.2 Å². The molecule has 2 rings (SSSR count). The standard InChI is InChI=1S/C15H21ClN2O.ClH/c1-15(9-3-4-10-17-15)14(19)18(2)11-12-5-7-13(16)8-6-12;/h5-8,17H,3-4,9-11H2,1-2H3;1H. The van der Waals surface area contributed by atoms with Gasteiger partial charge >= 0.3 is 0 Å². The minimum atomic E-state index is -0.403. The van der Waals surface area contributed by atoms with Crippen LogP contribution >= 0.6 is 24.0 Å². The highest BCUT2D eigenvalue weighted by atomic mass is 35.5. The van der Waals surface area contributed by atoms with E-state index in [1.54, 1.807) is 4.90 Å². The van der Waals surface area contributed by atoms with Gasteiger partial charge in [0.2, 0.25) is 5.91 Å². The zero-order valence-electron chi connectivity index (χ0n) is 12.0. The van der Waals surface area contributed by atoms with Gasteiger partial charge in [-0.15, -0.1) is 12.4 Å². The third-order valence-corrected chi connectivity index (χ3v) is 4.02. The first-order chi connectivity index (χ1) is 9.01. The van der Waals surface area contributed by atoms with E-state index >= 15 is 0 Å². The lowest BCUT2D eigenvalue weighted by atomic mass is 9.89. The predicted molar refractivity (Wildman–Crippen MR) is 85.4 cm³/mol. The Morgan fingerprint density at radius 2 is 2.00 bits per heavy atom. The molecule has 0 aliphatic carbocycles. The monoisotopic (exact) mass is 316 g/mol. The summed E-state index contributed by atoms with van der Waals surface area (Å²) >= 11 is 5.86. The molecule has 0 radical (unpaired) electrons. The molecule has 3 nitrogen and oxygen atoms in total. The van der Waals surface area contributed by atoms with Gasteiger partial charge in [0.05, 0.1) is 5.54 Å². The molecule has 0 spiro atoms. The third kappa shape index (κ3) is 4.11. The zero-order valence-corrected chi connectivity index (χ0v) is 13.6. The molecule has 20 heavy (non-hydrogen) atoms. The van der Waals surface area contributed by atoms with Gasteiger partial charge in [-0.2, -0.15) is 0 Å². The summed E-state index contributed by atoms with van der Waals surface area (Å²) in [7, 11) is 1.86. The molecule has 1 aliphatic heterocycles. The van der Waals surface area contributed by atoms with Crippen molar-refractivity contribution in [3.05, 3.63) is 34.9 Å². The molecule has 1 fully saturated rings. The van der Waals surface area contributed by atoms with E-state index in [0.717, 1.165) is 36.4 Å². The molecule has 0 aromatic heterocycles. The predicted octanol–water partition coefficient (Wildman–Crippen LogP) is 3.25. The van der Waals surface area contributed by atoms with E-state index in [1.807, 2.05) is 38.2 Å². The van der Waals surface area contributed by atoms with Crippen molar-refractivity contribution >= 4 is 29.9 Å². The van der Waals surface area contributed by atoms with Crippen LogP contribution in [-0.2, 0) is 11.3 Å². The fourth-order valence-corrected chi connectivity index (χ4v) is 2.72. The van der Waals surface area contributed by atoms with E-state index in [1.165, 1.54) is 0 Å². The second-order valence-corrected chi connectivity index (χ2v) is 5.94. The van der Waals surface area contributed by atoms with Crippen LogP contribution in [0.5, 0.6) is 0 Å². The largest absolute Gasteiger partial charge is 0.340 e. The Kier molecular flexibility index (Phi) is 6.31. The molecule has 1 N–H and O–H groups in total. The van der Waals surface area contributed by atoms with Crippen molar-refractivity contribution < 1.29 is 4.79 Å². The molecule has 1 aliphatic rings. The van der Waals surface area contributed by atoms with Crippen molar-refractivity contribution in [1.29, 1.82) is 0 Å². The molecule has 112 valence electrons. The highest BCUT2D eigenvalue weighted by Gasteiger charge is 2.36. The zero-order chi connectivity index (χ0) is 13.9. The maximum Gasteiger partial charge on any atom is 0.242 e. The Hall–Kier alpha value is -0.770. The number of nitrogens with one attached hydrogen (secondary N) is 1. The van der Waals surface area contributed by atoms with Crippen LogP contribution in [0.25, 0.3) is 0 Å². The summed E-state index contributed by atoms with van der Waals surface area (Å²) in [6.07, 6.45) is 3.19. The Morgan fingerprint density at radius 1 is 1.35 bits per heavy atom. The normalized spacial score (nSPS) is 21.9. The van der Waals surface area contributed by atoms with Crippen LogP contribution < -0.4 is 5.32 Å². The number of carbonyl (C=O) groups is 1. The van der Waals surface area contributed by atoms with Gasteiger partial charge in [0.15, 0.2) is 0 Å². The number of piperidine rings is 1. The second-order valence-electron chi connectivity index (χ2n) is 5.50. The molecule has 1 unspecified atom stereocenters. The molecule has 1 aromatic rings. The highest BCUT2D eigenvalue weighted by Crippen LogP contribution is 2.22. The fourth-order valence-electron chi connectivity index (χ4n) is 2.60. The lowest BCUT2D eigenvalue weighted by Crippen LogP contribution is -2.57. The molecular formula is C15H22Cl2N2O. The Labute approximate surface area is 132 Å². The second kappa shape index (κ2) is 7.30. The van der Waals surface area contributed by atoms with E-state index in [4.69, 9.17) is 11.6 Å².